The predicted molar refractivity (Wildman–Crippen MR) is 103 cm³/mol. The summed E-state index contributed by atoms with van der Waals surface area (Å²) in [6, 6.07) is 11.5. The average molecular weight is 359 g/mol. The quantitative estimate of drug-likeness (QED) is 0.420. The molecule has 0 aliphatic heterocycles. The molecule has 3 heterocycles. The lowest BCUT2D eigenvalue weighted by Crippen LogP contribution is -2.00. The number of rotatable bonds is 6. The molecule has 0 unspecified atom stereocenters. The maximum atomic E-state index is 5.57. The van der Waals surface area contributed by atoms with E-state index in [0.717, 1.165) is 22.4 Å². The maximum absolute atomic E-state index is 5.57. The summed E-state index contributed by atoms with van der Waals surface area (Å²) in [5.41, 5.74) is 5.37. The highest BCUT2D eigenvalue weighted by Crippen LogP contribution is 2.23. The molecule has 8 heteroatoms. The second kappa shape index (κ2) is 7.61. The number of hydrogen-bond acceptors (Lipinski definition) is 7. The minimum atomic E-state index is 0.576. The summed E-state index contributed by atoms with van der Waals surface area (Å²) in [4.78, 5) is 12.7. The van der Waals surface area contributed by atoms with Crippen molar-refractivity contribution in [3.05, 3.63) is 66.9 Å². The zero-order valence-corrected chi connectivity index (χ0v) is 14.6. The lowest BCUT2D eigenvalue weighted by molar-refractivity contribution is 0.340. The Morgan fingerprint density at radius 2 is 2.15 bits per heavy atom. The Hall–Kier alpha value is -3.81. The Bertz CT molecular complexity index is 1080. The van der Waals surface area contributed by atoms with Gasteiger partial charge in [0.05, 0.1) is 30.1 Å². The molecular formula is C19H17N7O. The molecule has 0 amide bonds. The van der Waals surface area contributed by atoms with Crippen LogP contribution >= 0.6 is 0 Å². The molecule has 0 saturated heterocycles. The van der Waals surface area contributed by atoms with Crippen molar-refractivity contribution in [3.63, 3.8) is 0 Å². The number of nitrogens with zero attached hydrogens (tertiary/aromatic N) is 6. The van der Waals surface area contributed by atoms with Crippen LogP contribution in [0.25, 0.3) is 16.7 Å². The number of aromatic nitrogens is 5. The highest BCUT2D eigenvalue weighted by atomic mass is 16.5. The van der Waals surface area contributed by atoms with Gasteiger partial charge in [-0.15, -0.1) is 0 Å². The molecule has 27 heavy (non-hydrogen) atoms. The predicted octanol–water partition coefficient (Wildman–Crippen LogP) is 3.06. The van der Waals surface area contributed by atoms with E-state index in [1.165, 1.54) is 6.33 Å². The number of nitrogens with one attached hydrogen (secondary N) is 1. The van der Waals surface area contributed by atoms with Crippen LogP contribution in [0.2, 0.25) is 0 Å². The van der Waals surface area contributed by atoms with Crippen molar-refractivity contribution in [1.29, 1.82) is 0 Å². The molecule has 0 bridgehead atoms. The summed E-state index contributed by atoms with van der Waals surface area (Å²) in [6.45, 7) is 2.56. The number of anilines is 1. The van der Waals surface area contributed by atoms with E-state index in [-0.39, 0.29) is 0 Å². The van der Waals surface area contributed by atoms with Gasteiger partial charge in [-0.1, -0.05) is 12.1 Å². The Labute approximate surface area is 155 Å². The average Bonchev–Trinajstić information content (AvgIpc) is 3.14. The minimum Gasteiger partial charge on any atom is -0.494 e. The van der Waals surface area contributed by atoms with Gasteiger partial charge in [-0.25, -0.2) is 14.6 Å². The van der Waals surface area contributed by atoms with E-state index in [1.54, 1.807) is 29.5 Å². The van der Waals surface area contributed by atoms with Gasteiger partial charge >= 0.3 is 0 Å². The van der Waals surface area contributed by atoms with E-state index in [4.69, 9.17) is 4.74 Å². The van der Waals surface area contributed by atoms with E-state index in [9.17, 15) is 0 Å². The van der Waals surface area contributed by atoms with Crippen molar-refractivity contribution >= 4 is 23.1 Å². The van der Waals surface area contributed by atoms with Crippen molar-refractivity contribution < 1.29 is 4.74 Å². The third kappa shape index (κ3) is 3.59. The monoisotopic (exact) mass is 359 g/mol. The third-order valence-electron chi connectivity index (χ3n) is 3.81. The van der Waals surface area contributed by atoms with Gasteiger partial charge in [0.2, 0.25) is 0 Å². The van der Waals surface area contributed by atoms with Crippen LogP contribution in [0, 0.1) is 0 Å². The molecule has 0 aliphatic carbocycles. The molecule has 0 spiro atoms. The van der Waals surface area contributed by atoms with Gasteiger partial charge in [-0.3, -0.25) is 10.4 Å². The fraction of sp³-hybridized carbons (Fsp3) is 0.105. The van der Waals surface area contributed by atoms with E-state index in [1.807, 2.05) is 43.3 Å². The molecule has 3 aromatic heterocycles. The summed E-state index contributed by atoms with van der Waals surface area (Å²) in [6.07, 6.45) is 8.31. The van der Waals surface area contributed by atoms with E-state index >= 15 is 0 Å². The summed E-state index contributed by atoms with van der Waals surface area (Å²) < 4.78 is 7.31. The fourth-order valence-corrected chi connectivity index (χ4v) is 2.61. The molecule has 0 fully saturated rings. The van der Waals surface area contributed by atoms with Crippen LogP contribution in [0.1, 0.15) is 12.5 Å². The van der Waals surface area contributed by atoms with Crippen molar-refractivity contribution in [3.8, 4) is 11.4 Å². The van der Waals surface area contributed by atoms with Gasteiger partial charge < -0.3 is 4.74 Å². The Balaban J connectivity index is 1.64. The summed E-state index contributed by atoms with van der Waals surface area (Å²) in [7, 11) is 0. The van der Waals surface area contributed by atoms with E-state index in [0.29, 0.717) is 18.1 Å². The van der Waals surface area contributed by atoms with Crippen molar-refractivity contribution in [2.24, 2.45) is 5.10 Å². The number of hydrogen-bond donors (Lipinski definition) is 1. The van der Waals surface area contributed by atoms with Crippen LogP contribution in [-0.2, 0) is 0 Å². The van der Waals surface area contributed by atoms with Crippen LogP contribution in [0.3, 0.4) is 0 Å². The van der Waals surface area contributed by atoms with Crippen molar-refractivity contribution in [1.82, 2.24) is 24.7 Å². The molecule has 0 aliphatic rings. The molecule has 1 aromatic carbocycles. The molecule has 134 valence electrons. The SMILES string of the molecule is CCOc1cccc(-n2ncc3c(NN=Cc4cccnc4)ncnc32)c1. The summed E-state index contributed by atoms with van der Waals surface area (Å²) in [5, 5.41) is 9.44. The molecule has 0 saturated carbocycles. The van der Waals surface area contributed by atoms with Gasteiger partial charge in [0.15, 0.2) is 11.5 Å². The standard InChI is InChI=1S/C19H17N7O/c1-2-27-16-7-3-6-15(9-16)26-19-17(12-24-26)18(21-13-22-19)25-23-11-14-5-4-8-20-10-14/h3-13H,2H2,1H3,(H,21,22,25). The highest BCUT2D eigenvalue weighted by Gasteiger charge is 2.11. The number of benzene rings is 1. The van der Waals surface area contributed by atoms with Crippen molar-refractivity contribution in [2.75, 3.05) is 12.0 Å². The minimum absolute atomic E-state index is 0.576. The summed E-state index contributed by atoms with van der Waals surface area (Å²) in [5.74, 6) is 1.36. The Morgan fingerprint density at radius 3 is 3.00 bits per heavy atom. The van der Waals surface area contributed by atoms with Gasteiger partial charge in [0, 0.05) is 24.0 Å². The van der Waals surface area contributed by atoms with Gasteiger partial charge in [-0.2, -0.15) is 10.2 Å². The first-order valence-corrected chi connectivity index (χ1v) is 8.46. The van der Waals surface area contributed by atoms with Crippen molar-refractivity contribution in [2.45, 2.75) is 6.92 Å². The third-order valence-corrected chi connectivity index (χ3v) is 3.81. The van der Waals surface area contributed by atoms with E-state index in [2.05, 4.69) is 30.6 Å². The zero-order chi connectivity index (χ0) is 18.5. The smallest absolute Gasteiger partial charge is 0.168 e. The molecule has 8 nitrogen and oxygen atoms in total. The summed E-state index contributed by atoms with van der Waals surface area (Å²) >= 11 is 0. The van der Waals surface area contributed by atoms with Crippen LogP contribution in [0.4, 0.5) is 5.82 Å². The van der Waals surface area contributed by atoms with E-state index < -0.39 is 0 Å². The van der Waals surface area contributed by atoms with Gasteiger partial charge in [0.1, 0.15) is 12.1 Å². The highest BCUT2D eigenvalue weighted by molar-refractivity contribution is 5.88. The van der Waals surface area contributed by atoms with Crippen LogP contribution in [-0.4, -0.2) is 37.6 Å². The number of pyridine rings is 1. The topological polar surface area (TPSA) is 90.1 Å². The second-order valence-electron chi connectivity index (χ2n) is 5.60. The first kappa shape index (κ1) is 16.6. The van der Waals surface area contributed by atoms with Crippen LogP contribution in [0.5, 0.6) is 5.75 Å². The first-order chi connectivity index (χ1) is 13.3. The Kier molecular flexibility index (Phi) is 4.69. The van der Waals surface area contributed by atoms with Crippen LogP contribution < -0.4 is 10.2 Å². The molecule has 4 aromatic rings. The second-order valence-corrected chi connectivity index (χ2v) is 5.60. The molecular weight excluding hydrogens is 342 g/mol. The fourth-order valence-electron chi connectivity index (χ4n) is 2.61. The maximum Gasteiger partial charge on any atom is 0.168 e. The number of hydrazone groups is 1. The zero-order valence-electron chi connectivity index (χ0n) is 14.6. The molecule has 0 atom stereocenters. The molecule has 4 rings (SSSR count). The first-order valence-electron chi connectivity index (χ1n) is 8.46. The lowest BCUT2D eigenvalue weighted by Gasteiger charge is -2.07. The molecule has 0 radical (unpaired) electrons. The largest absolute Gasteiger partial charge is 0.494 e. The lowest BCUT2D eigenvalue weighted by atomic mass is 10.3. The molecule has 1 N–H and O–H groups in total. The van der Waals surface area contributed by atoms with Gasteiger partial charge in [-0.05, 0) is 25.1 Å². The normalized spacial score (nSPS) is 11.1. The Morgan fingerprint density at radius 1 is 1.19 bits per heavy atom. The van der Waals surface area contributed by atoms with Gasteiger partial charge in [0.25, 0.3) is 0 Å². The number of fused-ring (bicyclic) bond motifs is 1. The van der Waals surface area contributed by atoms with Crippen LogP contribution in [0.15, 0.2) is 66.4 Å². The number of ether oxygens (including phenoxy) is 1.